The van der Waals surface area contributed by atoms with Crippen molar-refractivity contribution >= 4 is 17.3 Å². The van der Waals surface area contributed by atoms with Crippen molar-refractivity contribution in [2.45, 2.75) is 0 Å². The molecule has 18 heavy (non-hydrogen) atoms. The summed E-state index contributed by atoms with van der Waals surface area (Å²) in [7, 11) is 1.61. The van der Waals surface area contributed by atoms with E-state index in [0.717, 1.165) is 11.1 Å². The summed E-state index contributed by atoms with van der Waals surface area (Å²) in [5, 5.41) is 0.632. The minimum Gasteiger partial charge on any atom is -0.495 e. The Morgan fingerprint density at radius 3 is 2.67 bits per heavy atom. The number of nitrogen functional groups attached to an aromatic ring is 1. The maximum absolute atomic E-state index is 5.94. The predicted octanol–water partition coefficient (Wildman–Crippen LogP) is 3.33. The Kier molecular flexibility index (Phi) is 3.76. The molecule has 0 aromatic heterocycles. The molecule has 0 unspecified atom stereocenters. The third-order valence-corrected chi connectivity index (χ3v) is 2.62. The number of rotatable bonds is 1. The molecular weight excluding hydrogens is 246 g/mol. The van der Waals surface area contributed by atoms with Crippen molar-refractivity contribution in [1.29, 1.82) is 0 Å². The van der Waals surface area contributed by atoms with E-state index >= 15 is 0 Å². The summed E-state index contributed by atoms with van der Waals surface area (Å²) >= 11 is 5.94. The molecule has 0 aliphatic rings. The van der Waals surface area contributed by atoms with Crippen LogP contribution in [0.3, 0.4) is 0 Å². The lowest BCUT2D eigenvalue weighted by molar-refractivity contribution is 0.413. The molecule has 0 bridgehead atoms. The number of hydrogen-bond acceptors (Lipinski definition) is 2. The second kappa shape index (κ2) is 5.48. The minimum atomic E-state index is 0.632. The van der Waals surface area contributed by atoms with E-state index in [1.165, 1.54) is 0 Å². The van der Waals surface area contributed by atoms with Gasteiger partial charge in [-0.2, -0.15) is 0 Å². The molecule has 3 heteroatoms. The van der Waals surface area contributed by atoms with Crippen LogP contribution >= 0.6 is 11.6 Å². The normalized spacial score (nSPS) is 9.44. The highest BCUT2D eigenvalue weighted by atomic mass is 35.5. The summed E-state index contributed by atoms with van der Waals surface area (Å²) in [5.41, 5.74) is 8.00. The fourth-order valence-corrected chi connectivity index (χ4v) is 1.71. The largest absolute Gasteiger partial charge is 0.495 e. The Morgan fingerprint density at radius 2 is 1.94 bits per heavy atom. The van der Waals surface area contributed by atoms with Crippen LogP contribution in [0.4, 0.5) is 5.69 Å². The molecule has 0 saturated carbocycles. The SMILES string of the molecule is COc1ccc(Cl)cc1C#Cc1cccc(N)c1. The Balaban J connectivity index is 2.37. The van der Waals surface area contributed by atoms with E-state index in [0.29, 0.717) is 16.5 Å². The number of ether oxygens (including phenoxy) is 1. The number of hydrogen-bond donors (Lipinski definition) is 1. The molecule has 2 N–H and O–H groups in total. The zero-order chi connectivity index (χ0) is 13.0. The first kappa shape index (κ1) is 12.3. The van der Waals surface area contributed by atoms with Gasteiger partial charge >= 0.3 is 0 Å². The van der Waals surface area contributed by atoms with E-state index in [4.69, 9.17) is 22.1 Å². The number of anilines is 1. The van der Waals surface area contributed by atoms with Gasteiger partial charge in [0.1, 0.15) is 5.75 Å². The third kappa shape index (κ3) is 2.97. The molecule has 0 heterocycles. The summed E-state index contributed by atoms with van der Waals surface area (Å²) < 4.78 is 5.23. The molecule has 2 rings (SSSR count). The monoisotopic (exact) mass is 257 g/mol. The smallest absolute Gasteiger partial charge is 0.134 e. The van der Waals surface area contributed by atoms with Gasteiger partial charge in [-0.05, 0) is 36.4 Å². The highest BCUT2D eigenvalue weighted by Gasteiger charge is 2.00. The van der Waals surface area contributed by atoms with Gasteiger partial charge in [0, 0.05) is 16.3 Å². The fourth-order valence-electron chi connectivity index (χ4n) is 1.53. The second-order valence-electron chi connectivity index (χ2n) is 3.72. The molecule has 0 radical (unpaired) electrons. The number of methoxy groups -OCH3 is 1. The quantitative estimate of drug-likeness (QED) is 0.628. The van der Waals surface area contributed by atoms with E-state index in [2.05, 4.69) is 11.8 Å². The molecule has 0 aliphatic heterocycles. The van der Waals surface area contributed by atoms with E-state index in [1.54, 1.807) is 25.3 Å². The summed E-state index contributed by atoms with van der Waals surface area (Å²) in [6.07, 6.45) is 0. The van der Waals surface area contributed by atoms with Crippen LogP contribution in [-0.2, 0) is 0 Å². The first-order valence-corrected chi connectivity index (χ1v) is 5.78. The van der Waals surface area contributed by atoms with Gasteiger partial charge in [-0.1, -0.05) is 29.5 Å². The highest BCUT2D eigenvalue weighted by molar-refractivity contribution is 6.30. The Hall–Kier alpha value is -2.11. The van der Waals surface area contributed by atoms with Gasteiger partial charge in [-0.25, -0.2) is 0 Å². The molecule has 0 fully saturated rings. The first-order chi connectivity index (χ1) is 8.69. The van der Waals surface area contributed by atoms with Crippen LogP contribution in [0.5, 0.6) is 5.75 Å². The van der Waals surface area contributed by atoms with Crippen molar-refractivity contribution in [3.8, 4) is 17.6 Å². The van der Waals surface area contributed by atoms with Crippen molar-refractivity contribution in [3.05, 3.63) is 58.6 Å². The molecule has 90 valence electrons. The Morgan fingerprint density at radius 1 is 1.11 bits per heavy atom. The predicted molar refractivity (Wildman–Crippen MR) is 74.8 cm³/mol. The maximum atomic E-state index is 5.94. The molecule has 0 spiro atoms. The molecule has 2 aromatic carbocycles. The summed E-state index contributed by atoms with van der Waals surface area (Å²) in [6, 6.07) is 12.8. The molecule has 0 atom stereocenters. The zero-order valence-corrected chi connectivity index (χ0v) is 10.7. The average molecular weight is 258 g/mol. The first-order valence-electron chi connectivity index (χ1n) is 5.40. The third-order valence-electron chi connectivity index (χ3n) is 2.39. The van der Waals surface area contributed by atoms with Crippen LogP contribution in [0, 0.1) is 11.8 Å². The highest BCUT2D eigenvalue weighted by Crippen LogP contribution is 2.21. The van der Waals surface area contributed by atoms with Crippen LogP contribution < -0.4 is 10.5 Å². The standard InChI is InChI=1S/C15H12ClNO/c1-18-15-8-7-13(16)10-12(15)6-5-11-3-2-4-14(17)9-11/h2-4,7-10H,17H2,1H3. The van der Waals surface area contributed by atoms with Crippen molar-refractivity contribution in [1.82, 2.24) is 0 Å². The molecule has 2 nitrogen and oxygen atoms in total. The van der Waals surface area contributed by atoms with Gasteiger partial charge in [0.15, 0.2) is 0 Å². The molecule has 0 amide bonds. The van der Waals surface area contributed by atoms with Crippen LogP contribution in [-0.4, -0.2) is 7.11 Å². The van der Waals surface area contributed by atoms with Crippen molar-refractivity contribution in [2.75, 3.05) is 12.8 Å². The van der Waals surface area contributed by atoms with Gasteiger partial charge in [0.2, 0.25) is 0 Å². The van der Waals surface area contributed by atoms with Crippen molar-refractivity contribution in [3.63, 3.8) is 0 Å². The lowest BCUT2D eigenvalue weighted by Crippen LogP contribution is -1.88. The number of halogens is 1. The van der Waals surface area contributed by atoms with Crippen LogP contribution in [0.15, 0.2) is 42.5 Å². The Bertz CT molecular complexity index is 626. The topological polar surface area (TPSA) is 35.2 Å². The molecule has 2 aromatic rings. The van der Waals surface area contributed by atoms with Crippen molar-refractivity contribution < 1.29 is 4.74 Å². The lowest BCUT2D eigenvalue weighted by atomic mass is 10.1. The average Bonchev–Trinajstić information content (AvgIpc) is 2.37. The van der Waals surface area contributed by atoms with Gasteiger partial charge in [0.05, 0.1) is 12.7 Å². The molecule has 0 saturated heterocycles. The van der Waals surface area contributed by atoms with E-state index < -0.39 is 0 Å². The van der Waals surface area contributed by atoms with Gasteiger partial charge in [0.25, 0.3) is 0 Å². The summed E-state index contributed by atoms with van der Waals surface area (Å²) in [4.78, 5) is 0. The number of nitrogens with two attached hydrogens (primary N) is 1. The number of benzene rings is 2. The maximum Gasteiger partial charge on any atom is 0.134 e. The van der Waals surface area contributed by atoms with E-state index in [-0.39, 0.29) is 0 Å². The van der Waals surface area contributed by atoms with Gasteiger partial charge in [-0.15, -0.1) is 0 Å². The summed E-state index contributed by atoms with van der Waals surface area (Å²) in [5.74, 6) is 6.77. The Labute approximate surface area is 111 Å². The fraction of sp³-hybridized carbons (Fsp3) is 0.0667. The minimum absolute atomic E-state index is 0.632. The van der Waals surface area contributed by atoms with Gasteiger partial charge in [-0.3, -0.25) is 0 Å². The molecule has 0 aliphatic carbocycles. The van der Waals surface area contributed by atoms with Crippen LogP contribution in [0.1, 0.15) is 11.1 Å². The zero-order valence-electron chi connectivity index (χ0n) is 9.91. The van der Waals surface area contributed by atoms with Crippen LogP contribution in [0.2, 0.25) is 5.02 Å². The molecular formula is C15H12ClNO. The van der Waals surface area contributed by atoms with E-state index in [9.17, 15) is 0 Å². The second-order valence-corrected chi connectivity index (χ2v) is 4.16. The lowest BCUT2D eigenvalue weighted by Gasteiger charge is -2.02. The van der Waals surface area contributed by atoms with E-state index in [1.807, 2.05) is 24.3 Å². The van der Waals surface area contributed by atoms with Crippen LogP contribution in [0.25, 0.3) is 0 Å². The van der Waals surface area contributed by atoms with Gasteiger partial charge < -0.3 is 10.5 Å². The summed E-state index contributed by atoms with van der Waals surface area (Å²) in [6.45, 7) is 0. The van der Waals surface area contributed by atoms with Crippen molar-refractivity contribution in [2.24, 2.45) is 0 Å².